The molecule has 232 valence electrons. The molecule has 9 nitrogen and oxygen atoms in total. The van der Waals surface area contributed by atoms with Gasteiger partial charge in [0.25, 0.3) is 5.91 Å². The van der Waals surface area contributed by atoms with Crippen LogP contribution in [0.2, 0.25) is 0 Å². The summed E-state index contributed by atoms with van der Waals surface area (Å²) in [5.74, 6) is -0.475. The standard InChI is InChI=1S/C25H27N3O3.C10H8BrNO2/c1-25(2,3)31-24(30)27-12-11-22(21(16-27)18-7-5-4-6-8-18)28-15-19-10-9-17(14-26)13-20(19)23(28)29;1-14-10(13)9-4-7(6-12)2-3-8(9)5-11/h4-10,13,21-22H,11-12,15-16H2,1-3H3;2-4H,5H2,1H3/t21-,22-;/m1./s1. The zero-order valence-corrected chi connectivity index (χ0v) is 27.3. The summed E-state index contributed by atoms with van der Waals surface area (Å²) in [6.45, 7) is 7.14. The van der Waals surface area contributed by atoms with E-state index in [4.69, 9.17) is 10.00 Å². The topological polar surface area (TPSA) is 124 Å². The first-order valence-corrected chi connectivity index (χ1v) is 15.7. The van der Waals surface area contributed by atoms with E-state index in [1.807, 2.05) is 56.0 Å². The van der Waals surface area contributed by atoms with Crippen molar-refractivity contribution in [2.75, 3.05) is 20.2 Å². The molecule has 0 saturated carbocycles. The number of rotatable bonds is 4. The fraction of sp³-hybridized carbons (Fsp3) is 0.343. The van der Waals surface area contributed by atoms with E-state index in [1.165, 1.54) is 13.2 Å². The van der Waals surface area contributed by atoms with Crippen molar-refractivity contribution in [1.29, 1.82) is 10.5 Å². The molecule has 0 bridgehead atoms. The summed E-state index contributed by atoms with van der Waals surface area (Å²) in [7, 11) is 1.32. The zero-order valence-electron chi connectivity index (χ0n) is 25.7. The van der Waals surface area contributed by atoms with E-state index in [2.05, 4.69) is 38.9 Å². The van der Waals surface area contributed by atoms with Crippen LogP contribution in [0.4, 0.5) is 4.79 Å². The number of carbonyl (C=O) groups excluding carboxylic acids is 3. The van der Waals surface area contributed by atoms with Gasteiger partial charge in [-0.15, -0.1) is 0 Å². The van der Waals surface area contributed by atoms with Crippen LogP contribution in [0.1, 0.15) is 81.6 Å². The van der Waals surface area contributed by atoms with Gasteiger partial charge in [0.2, 0.25) is 0 Å². The van der Waals surface area contributed by atoms with E-state index in [1.54, 1.807) is 29.2 Å². The number of benzene rings is 3. The van der Waals surface area contributed by atoms with Crippen molar-refractivity contribution >= 4 is 33.9 Å². The Morgan fingerprint density at radius 2 is 1.67 bits per heavy atom. The number of piperidine rings is 1. The van der Waals surface area contributed by atoms with Gasteiger partial charge in [0, 0.05) is 42.5 Å². The molecule has 5 rings (SSSR count). The quantitative estimate of drug-likeness (QED) is 0.228. The molecule has 2 aliphatic heterocycles. The summed E-state index contributed by atoms with van der Waals surface area (Å²) < 4.78 is 10.2. The molecule has 45 heavy (non-hydrogen) atoms. The van der Waals surface area contributed by atoms with Gasteiger partial charge in [0.1, 0.15) is 5.60 Å². The van der Waals surface area contributed by atoms with Crippen molar-refractivity contribution in [3.8, 4) is 12.1 Å². The van der Waals surface area contributed by atoms with Crippen molar-refractivity contribution in [1.82, 2.24) is 9.80 Å². The van der Waals surface area contributed by atoms with Crippen LogP contribution in [0.15, 0.2) is 66.7 Å². The zero-order chi connectivity index (χ0) is 32.7. The molecule has 3 aromatic rings. The van der Waals surface area contributed by atoms with Gasteiger partial charge in [-0.3, -0.25) is 4.79 Å². The highest BCUT2D eigenvalue weighted by Gasteiger charge is 2.41. The van der Waals surface area contributed by atoms with Gasteiger partial charge in [-0.2, -0.15) is 10.5 Å². The number of amides is 2. The smallest absolute Gasteiger partial charge is 0.410 e. The third-order valence-corrected chi connectivity index (χ3v) is 8.32. The minimum Gasteiger partial charge on any atom is -0.465 e. The van der Waals surface area contributed by atoms with Gasteiger partial charge < -0.3 is 19.3 Å². The number of halogens is 1. The summed E-state index contributed by atoms with van der Waals surface area (Å²) in [5.41, 5.74) is 4.30. The summed E-state index contributed by atoms with van der Waals surface area (Å²) in [4.78, 5) is 41.0. The Hall–Kier alpha value is -4.67. The average molecular weight is 672 g/mol. The van der Waals surface area contributed by atoms with Crippen LogP contribution in [0.5, 0.6) is 0 Å². The second kappa shape index (κ2) is 14.4. The van der Waals surface area contributed by atoms with Gasteiger partial charge in [-0.25, -0.2) is 9.59 Å². The minimum atomic E-state index is -0.554. The largest absolute Gasteiger partial charge is 0.465 e. The van der Waals surface area contributed by atoms with E-state index in [0.29, 0.717) is 53.6 Å². The molecule has 1 saturated heterocycles. The van der Waals surface area contributed by atoms with Crippen LogP contribution in [0.3, 0.4) is 0 Å². The Balaban J connectivity index is 0.000000276. The lowest BCUT2D eigenvalue weighted by Crippen LogP contribution is -2.52. The van der Waals surface area contributed by atoms with Crippen LogP contribution in [-0.4, -0.2) is 59.6 Å². The average Bonchev–Trinajstić information content (AvgIpc) is 3.38. The molecule has 0 aliphatic carbocycles. The van der Waals surface area contributed by atoms with Crippen molar-refractivity contribution in [2.45, 2.75) is 56.6 Å². The number of hydrogen-bond acceptors (Lipinski definition) is 7. The number of ether oxygens (including phenoxy) is 2. The SMILES string of the molecule is CC(C)(C)OC(=O)N1CC[C@@H](N2Cc3ccc(C#N)cc3C2=O)[C@@H](c2ccccc2)C1.COC(=O)c1cc(C#N)ccc1CBr. The van der Waals surface area contributed by atoms with Crippen molar-refractivity contribution in [2.24, 2.45) is 0 Å². The number of hydrogen-bond donors (Lipinski definition) is 0. The number of carbonyl (C=O) groups is 3. The summed E-state index contributed by atoms with van der Waals surface area (Å²) >= 11 is 3.26. The van der Waals surface area contributed by atoms with Crippen LogP contribution >= 0.6 is 15.9 Å². The van der Waals surface area contributed by atoms with Crippen molar-refractivity contribution < 1.29 is 23.9 Å². The lowest BCUT2D eigenvalue weighted by atomic mass is 9.85. The monoisotopic (exact) mass is 670 g/mol. The van der Waals surface area contributed by atoms with Crippen LogP contribution in [0.25, 0.3) is 0 Å². The fourth-order valence-electron chi connectivity index (χ4n) is 5.56. The Bertz CT molecular complexity index is 1660. The first kappa shape index (κ1) is 33.2. The van der Waals surface area contributed by atoms with Gasteiger partial charge in [0.15, 0.2) is 0 Å². The number of esters is 1. The molecule has 10 heteroatoms. The Morgan fingerprint density at radius 3 is 2.29 bits per heavy atom. The molecule has 0 N–H and O–H groups in total. The second-order valence-electron chi connectivity index (χ2n) is 11.8. The lowest BCUT2D eigenvalue weighted by molar-refractivity contribution is 0.0109. The molecule has 1 fully saturated rings. The molecular weight excluding hydrogens is 636 g/mol. The molecule has 2 amide bonds. The van der Waals surface area contributed by atoms with Crippen molar-refractivity contribution in [3.05, 3.63) is 106 Å². The lowest BCUT2D eigenvalue weighted by Gasteiger charge is -2.43. The molecule has 2 aliphatic rings. The summed E-state index contributed by atoms with van der Waals surface area (Å²) in [5, 5.41) is 18.4. The first-order chi connectivity index (χ1) is 21.5. The Labute approximate surface area is 272 Å². The number of methoxy groups -OCH3 is 1. The minimum absolute atomic E-state index is 0.0174. The molecule has 0 aromatic heterocycles. The van der Waals surface area contributed by atoms with Crippen LogP contribution in [0, 0.1) is 22.7 Å². The van der Waals surface area contributed by atoms with Gasteiger partial charge in [-0.1, -0.05) is 58.4 Å². The highest BCUT2D eigenvalue weighted by molar-refractivity contribution is 9.08. The normalized spacial score (nSPS) is 17.3. The van der Waals surface area contributed by atoms with Gasteiger partial charge in [0.05, 0.1) is 35.9 Å². The van der Waals surface area contributed by atoms with Gasteiger partial charge >= 0.3 is 12.1 Å². The molecule has 0 unspecified atom stereocenters. The number of likely N-dealkylation sites (tertiary alicyclic amines) is 1. The molecule has 0 radical (unpaired) electrons. The van der Waals surface area contributed by atoms with Crippen LogP contribution < -0.4 is 0 Å². The summed E-state index contributed by atoms with van der Waals surface area (Å²) in [6.07, 6.45) is 0.352. The Kier molecular flexibility index (Phi) is 10.6. The van der Waals surface area contributed by atoms with Gasteiger partial charge in [-0.05, 0) is 68.1 Å². The predicted octanol–water partition coefficient (Wildman–Crippen LogP) is 6.55. The molecule has 2 heterocycles. The predicted molar refractivity (Wildman–Crippen MR) is 172 cm³/mol. The molecule has 3 aromatic carbocycles. The first-order valence-electron chi connectivity index (χ1n) is 14.5. The van der Waals surface area contributed by atoms with E-state index in [0.717, 1.165) is 16.7 Å². The van der Waals surface area contributed by atoms with E-state index in [-0.39, 0.29) is 24.0 Å². The highest BCUT2D eigenvalue weighted by atomic mass is 79.9. The number of alkyl halides is 1. The molecule has 0 spiro atoms. The maximum Gasteiger partial charge on any atom is 0.410 e. The van der Waals surface area contributed by atoms with E-state index in [9.17, 15) is 19.6 Å². The number of nitrogens with zero attached hydrogens (tertiary/aromatic N) is 4. The fourth-order valence-corrected chi connectivity index (χ4v) is 6.05. The second-order valence-corrected chi connectivity index (χ2v) is 12.4. The highest BCUT2D eigenvalue weighted by Crippen LogP contribution is 2.36. The van der Waals surface area contributed by atoms with Crippen LogP contribution in [-0.2, 0) is 21.3 Å². The van der Waals surface area contributed by atoms with Crippen molar-refractivity contribution in [3.63, 3.8) is 0 Å². The third-order valence-electron chi connectivity index (χ3n) is 7.72. The third kappa shape index (κ3) is 7.89. The maximum absolute atomic E-state index is 13.3. The maximum atomic E-state index is 13.3. The summed E-state index contributed by atoms with van der Waals surface area (Å²) in [6, 6.07) is 24.3. The number of nitriles is 2. The molecule has 2 atom stereocenters. The molecular formula is C35H35BrN4O5. The van der Waals surface area contributed by atoms with E-state index < -0.39 is 11.6 Å². The number of fused-ring (bicyclic) bond motifs is 1. The Morgan fingerprint density at radius 1 is 1.00 bits per heavy atom. The van der Waals surface area contributed by atoms with E-state index >= 15 is 0 Å².